The van der Waals surface area contributed by atoms with Crippen LogP contribution in [0.3, 0.4) is 0 Å². The molecule has 1 amide bonds. The van der Waals surface area contributed by atoms with E-state index in [1.54, 1.807) is 11.0 Å². The maximum absolute atomic E-state index is 13.2. The van der Waals surface area contributed by atoms with Gasteiger partial charge in [-0.15, -0.1) is 0 Å². The first kappa shape index (κ1) is 20.8. The van der Waals surface area contributed by atoms with Gasteiger partial charge in [0.25, 0.3) is 11.7 Å². The predicted octanol–water partition coefficient (Wildman–Crippen LogP) is 4.94. The molecule has 2 aromatic carbocycles. The van der Waals surface area contributed by atoms with Crippen LogP contribution >= 0.6 is 0 Å². The van der Waals surface area contributed by atoms with Gasteiger partial charge in [-0.05, 0) is 67.0 Å². The molecule has 1 atom stereocenters. The number of aliphatic hydroxyl groups is 1. The summed E-state index contributed by atoms with van der Waals surface area (Å²) < 4.78 is 5.69. The fourth-order valence-electron chi connectivity index (χ4n) is 5.34. The van der Waals surface area contributed by atoms with Crippen molar-refractivity contribution in [2.45, 2.75) is 64.0 Å². The van der Waals surface area contributed by atoms with Crippen LogP contribution in [0.15, 0.2) is 48.0 Å². The zero-order valence-electron chi connectivity index (χ0n) is 18.5. The fraction of sp³-hybridized carbons (Fsp3) is 0.407. The van der Waals surface area contributed by atoms with Crippen molar-refractivity contribution < 1.29 is 19.4 Å². The van der Waals surface area contributed by atoms with Crippen molar-refractivity contribution in [3.8, 4) is 5.75 Å². The van der Waals surface area contributed by atoms with Gasteiger partial charge in [0.2, 0.25) is 0 Å². The van der Waals surface area contributed by atoms with E-state index in [0.29, 0.717) is 12.2 Å². The number of nitrogens with zero attached hydrogens (tertiary/aromatic N) is 1. The molecule has 0 bridgehead atoms. The van der Waals surface area contributed by atoms with Gasteiger partial charge in [0.05, 0.1) is 18.2 Å². The molecule has 32 heavy (non-hydrogen) atoms. The highest BCUT2D eigenvalue weighted by atomic mass is 16.5. The van der Waals surface area contributed by atoms with Crippen LogP contribution in [0, 0.1) is 0 Å². The van der Waals surface area contributed by atoms with Crippen LogP contribution in [0.1, 0.15) is 67.3 Å². The quantitative estimate of drug-likeness (QED) is 0.423. The summed E-state index contributed by atoms with van der Waals surface area (Å²) in [7, 11) is 0. The monoisotopic (exact) mass is 431 g/mol. The second-order valence-corrected chi connectivity index (χ2v) is 9.01. The molecule has 3 aliphatic rings. The second kappa shape index (κ2) is 8.45. The molecule has 2 aliphatic heterocycles. The standard InChI is InChI=1S/C27H29NO4/c1-2-17-9-11-18(12-10-17)24-23(26(30)27(31)28(24)21-7-3-4-8-21)25(29)20-13-14-22-19(16-20)6-5-15-32-22/h9-14,16,21,24,29H,2-8,15H2,1H3/b25-23-. The van der Waals surface area contributed by atoms with E-state index in [9.17, 15) is 14.7 Å². The lowest BCUT2D eigenvalue weighted by Gasteiger charge is -2.31. The Hall–Kier alpha value is -3.08. The molecule has 0 spiro atoms. The zero-order valence-corrected chi connectivity index (χ0v) is 18.5. The number of hydrogen-bond acceptors (Lipinski definition) is 4. The molecule has 2 aromatic rings. The lowest BCUT2D eigenvalue weighted by molar-refractivity contribution is -0.141. The number of benzene rings is 2. The molecule has 1 saturated carbocycles. The Morgan fingerprint density at radius 3 is 2.53 bits per heavy atom. The van der Waals surface area contributed by atoms with E-state index in [-0.39, 0.29) is 17.4 Å². The Balaban J connectivity index is 1.63. The van der Waals surface area contributed by atoms with Crippen molar-refractivity contribution in [3.05, 3.63) is 70.3 Å². The van der Waals surface area contributed by atoms with E-state index in [1.807, 2.05) is 36.4 Å². The minimum Gasteiger partial charge on any atom is -0.507 e. The highest BCUT2D eigenvalue weighted by molar-refractivity contribution is 6.46. The third kappa shape index (κ3) is 3.50. The van der Waals surface area contributed by atoms with E-state index in [0.717, 1.165) is 61.8 Å². The predicted molar refractivity (Wildman–Crippen MR) is 122 cm³/mol. The number of aryl methyl sites for hydroxylation is 2. The van der Waals surface area contributed by atoms with Crippen LogP contribution in [-0.2, 0) is 22.4 Å². The van der Waals surface area contributed by atoms with Gasteiger partial charge in [0.15, 0.2) is 0 Å². The Kier molecular flexibility index (Phi) is 5.50. The summed E-state index contributed by atoms with van der Waals surface area (Å²) in [5, 5.41) is 11.3. The average molecular weight is 432 g/mol. The minimum atomic E-state index is -0.590. The lowest BCUT2D eigenvalue weighted by Crippen LogP contribution is -2.37. The van der Waals surface area contributed by atoms with Crippen LogP contribution in [0.25, 0.3) is 5.76 Å². The molecule has 1 aliphatic carbocycles. The number of Topliss-reactive ketones (excluding diaryl/α,β-unsaturated/α-hetero) is 1. The van der Waals surface area contributed by atoms with Crippen LogP contribution in [0.4, 0.5) is 0 Å². The molecule has 1 unspecified atom stereocenters. The molecule has 2 fully saturated rings. The minimum absolute atomic E-state index is 0.0320. The Bertz CT molecular complexity index is 1080. The molecular formula is C27H29NO4. The first-order valence-corrected chi connectivity index (χ1v) is 11.7. The van der Waals surface area contributed by atoms with E-state index < -0.39 is 17.7 Å². The van der Waals surface area contributed by atoms with Gasteiger partial charge in [-0.25, -0.2) is 0 Å². The number of amides is 1. The molecule has 166 valence electrons. The van der Waals surface area contributed by atoms with Gasteiger partial charge in [0, 0.05) is 11.6 Å². The van der Waals surface area contributed by atoms with Gasteiger partial charge in [0.1, 0.15) is 11.5 Å². The highest BCUT2D eigenvalue weighted by Gasteiger charge is 2.49. The summed E-state index contributed by atoms with van der Waals surface area (Å²) >= 11 is 0. The molecule has 5 nitrogen and oxygen atoms in total. The van der Waals surface area contributed by atoms with E-state index in [2.05, 4.69) is 6.92 Å². The van der Waals surface area contributed by atoms with Gasteiger partial charge in [-0.3, -0.25) is 9.59 Å². The van der Waals surface area contributed by atoms with Crippen LogP contribution in [-0.4, -0.2) is 34.3 Å². The Labute approximate surface area is 188 Å². The maximum Gasteiger partial charge on any atom is 0.295 e. The molecule has 2 heterocycles. The summed E-state index contributed by atoms with van der Waals surface area (Å²) in [6.07, 6.45) is 6.61. The van der Waals surface area contributed by atoms with Gasteiger partial charge < -0.3 is 14.7 Å². The van der Waals surface area contributed by atoms with Gasteiger partial charge in [-0.2, -0.15) is 0 Å². The number of carbonyl (C=O) groups is 2. The fourth-order valence-corrected chi connectivity index (χ4v) is 5.34. The van der Waals surface area contributed by atoms with Crippen LogP contribution in [0.5, 0.6) is 5.75 Å². The molecule has 5 rings (SSSR count). The lowest BCUT2D eigenvalue weighted by atomic mass is 9.93. The molecule has 1 N–H and O–H groups in total. The smallest absolute Gasteiger partial charge is 0.295 e. The van der Waals surface area contributed by atoms with Crippen molar-refractivity contribution in [1.82, 2.24) is 4.90 Å². The van der Waals surface area contributed by atoms with Crippen LogP contribution in [0.2, 0.25) is 0 Å². The van der Waals surface area contributed by atoms with Crippen molar-refractivity contribution in [1.29, 1.82) is 0 Å². The number of rotatable bonds is 4. The summed E-state index contributed by atoms with van der Waals surface area (Å²) in [6, 6.07) is 13.1. The third-order valence-electron chi connectivity index (χ3n) is 7.08. The Morgan fingerprint density at radius 1 is 1.06 bits per heavy atom. The summed E-state index contributed by atoms with van der Waals surface area (Å²) in [5.74, 6) is -0.357. The molecule has 5 heteroatoms. The highest BCUT2D eigenvalue weighted by Crippen LogP contribution is 2.43. The maximum atomic E-state index is 13.2. The van der Waals surface area contributed by atoms with E-state index in [1.165, 1.54) is 5.56 Å². The largest absolute Gasteiger partial charge is 0.507 e. The first-order valence-electron chi connectivity index (χ1n) is 11.7. The third-order valence-corrected chi connectivity index (χ3v) is 7.08. The summed E-state index contributed by atoms with van der Waals surface area (Å²) in [4.78, 5) is 28.2. The van der Waals surface area contributed by atoms with E-state index >= 15 is 0 Å². The van der Waals surface area contributed by atoms with Crippen molar-refractivity contribution in [2.24, 2.45) is 0 Å². The molecule has 0 radical (unpaired) electrons. The number of aliphatic hydroxyl groups excluding tert-OH is 1. The average Bonchev–Trinajstić information content (AvgIpc) is 3.45. The first-order chi connectivity index (χ1) is 15.6. The van der Waals surface area contributed by atoms with E-state index in [4.69, 9.17) is 4.74 Å². The van der Waals surface area contributed by atoms with Crippen molar-refractivity contribution in [3.63, 3.8) is 0 Å². The van der Waals surface area contributed by atoms with Crippen LogP contribution < -0.4 is 4.74 Å². The normalized spacial score (nSPS) is 22.8. The molecule has 0 aromatic heterocycles. The number of carbonyl (C=O) groups excluding carboxylic acids is 2. The Morgan fingerprint density at radius 2 is 1.81 bits per heavy atom. The number of likely N-dealkylation sites (tertiary alicyclic amines) is 1. The zero-order chi connectivity index (χ0) is 22.2. The number of ketones is 1. The number of hydrogen-bond donors (Lipinski definition) is 1. The van der Waals surface area contributed by atoms with Gasteiger partial charge >= 0.3 is 0 Å². The molecular weight excluding hydrogens is 402 g/mol. The SMILES string of the molecule is CCc1ccc(C2/C(=C(/O)c3ccc4c(c3)CCCO4)C(=O)C(=O)N2C2CCCC2)cc1. The topological polar surface area (TPSA) is 66.8 Å². The summed E-state index contributed by atoms with van der Waals surface area (Å²) in [5.41, 5.74) is 3.85. The van der Waals surface area contributed by atoms with Gasteiger partial charge in [-0.1, -0.05) is 44.0 Å². The molecule has 1 saturated heterocycles. The van der Waals surface area contributed by atoms with Crippen molar-refractivity contribution >= 4 is 17.4 Å². The van der Waals surface area contributed by atoms with Crippen molar-refractivity contribution in [2.75, 3.05) is 6.61 Å². The number of fused-ring (bicyclic) bond motifs is 1. The number of ether oxygens (including phenoxy) is 1. The second-order valence-electron chi connectivity index (χ2n) is 9.01. The summed E-state index contributed by atoms with van der Waals surface area (Å²) in [6.45, 7) is 2.79.